The van der Waals surface area contributed by atoms with Crippen LogP contribution in [0.25, 0.3) is 11.0 Å². The second-order valence-electron chi connectivity index (χ2n) is 7.30. The maximum Gasteiger partial charge on any atom is 0.490 e. The van der Waals surface area contributed by atoms with Crippen LogP contribution in [0.4, 0.5) is 13.2 Å². The number of benzene rings is 1. The van der Waals surface area contributed by atoms with Crippen molar-refractivity contribution >= 4 is 22.9 Å². The first-order valence-corrected chi connectivity index (χ1v) is 10.1. The summed E-state index contributed by atoms with van der Waals surface area (Å²) in [5.41, 5.74) is 2.44. The first-order valence-electron chi connectivity index (χ1n) is 10.1. The molecule has 1 fully saturated rings. The van der Waals surface area contributed by atoms with Gasteiger partial charge < -0.3 is 25.0 Å². The Labute approximate surface area is 187 Å². The monoisotopic (exact) mass is 464 g/mol. The molecule has 4 rings (SSSR count). The van der Waals surface area contributed by atoms with Crippen molar-refractivity contribution < 1.29 is 32.6 Å². The van der Waals surface area contributed by atoms with E-state index in [-0.39, 0.29) is 11.9 Å². The molecule has 11 heteroatoms. The Hall–Kier alpha value is -3.60. The predicted octanol–water partition coefficient (Wildman–Crippen LogP) is 3.38. The fraction of sp³-hybridized carbons (Fsp3) is 0.318. The number of carboxylic acids is 1. The summed E-state index contributed by atoms with van der Waals surface area (Å²) >= 11 is 0. The highest BCUT2D eigenvalue weighted by molar-refractivity contribution is 5.97. The van der Waals surface area contributed by atoms with Gasteiger partial charge in [-0.3, -0.25) is 4.79 Å². The summed E-state index contributed by atoms with van der Waals surface area (Å²) in [5.74, 6) is -2.22. The molecule has 176 valence electrons. The summed E-state index contributed by atoms with van der Waals surface area (Å²) in [5, 5.41) is 11.6. The number of nitrogens with zero attached hydrogens (tertiary/aromatic N) is 2. The number of hydrogen-bond donors (Lipinski definition) is 3. The molecule has 2 aromatic heterocycles. The molecular formula is C22H23F3N4O4. The predicted molar refractivity (Wildman–Crippen MR) is 114 cm³/mol. The van der Waals surface area contributed by atoms with E-state index in [9.17, 15) is 18.0 Å². The summed E-state index contributed by atoms with van der Waals surface area (Å²) in [6.45, 7) is 2.28. The highest BCUT2D eigenvalue weighted by Crippen LogP contribution is 2.21. The van der Waals surface area contributed by atoms with Crippen molar-refractivity contribution in [3.63, 3.8) is 0 Å². The van der Waals surface area contributed by atoms with Crippen LogP contribution in [0.5, 0.6) is 5.88 Å². The van der Waals surface area contributed by atoms with E-state index in [0.29, 0.717) is 23.8 Å². The molecule has 1 aliphatic rings. The third kappa shape index (κ3) is 6.22. The number of aromatic nitrogens is 2. The summed E-state index contributed by atoms with van der Waals surface area (Å²) in [7, 11) is 1.58. The quantitative estimate of drug-likeness (QED) is 0.549. The van der Waals surface area contributed by atoms with E-state index in [2.05, 4.69) is 27.4 Å². The molecule has 1 atom stereocenters. The van der Waals surface area contributed by atoms with E-state index in [1.165, 1.54) is 5.56 Å². The number of fused-ring (bicyclic) bond motifs is 1. The lowest BCUT2D eigenvalue weighted by atomic mass is 10.1. The number of halogens is 3. The second kappa shape index (κ2) is 10.3. The van der Waals surface area contributed by atoms with Gasteiger partial charge in [-0.1, -0.05) is 30.3 Å². The average Bonchev–Trinajstić information content (AvgIpc) is 3.07. The van der Waals surface area contributed by atoms with Crippen molar-refractivity contribution in [2.75, 3.05) is 26.7 Å². The van der Waals surface area contributed by atoms with E-state index < -0.39 is 12.1 Å². The molecule has 3 heterocycles. The van der Waals surface area contributed by atoms with Gasteiger partial charge in [-0.05, 0) is 30.7 Å². The topological polar surface area (TPSA) is 108 Å². The number of hydrogen-bond acceptors (Lipinski definition) is 5. The van der Waals surface area contributed by atoms with Crippen LogP contribution in [-0.4, -0.2) is 64.8 Å². The van der Waals surface area contributed by atoms with Gasteiger partial charge >= 0.3 is 12.1 Å². The molecule has 1 aromatic carbocycles. The molecule has 0 radical (unpaired) electrons. The molecule has 0 saturated carbocycles. The molecule has 3 N–H and O–H groups in total. The van der Waals surface area contributed by atoms with Gasteiger partial charge in [0.15, 0.2) is 0 Å². The van der Waals surface area contributed by atoms with Gasteiger partial charge in [-0.15, -0.1) is 0 Å². The molecule has 1 unspecified atom stereocenters. The number of carbonyl (C=O) groups excluding carboxylic acids is 1. The van der Waals surface area contributed by atoms with E-state index in [1.807, 2.05) is 35.2 Å². The van der Waals surface area contributed by atoms with Crippen molar-refractivity contribution in [2.45, 2.75) is 18.6 Å². The van der Waals surface area contributed by atoms with E-state index >= 15 is 0 Å². The number of ether oxygens (including phenoxy) is 1. The zero-order chi connectivity index (χ0) is 24.0. The largest absolute Gasteiger partial charge is 0.490 e. The maximum absolute atomic E-state index is 13.1. The van der Waals surface area contributed by atoms with Crippen LogP contribution in [0.1, 0.15) is 28.5 Å². The molecule has 1 amide bonds. The molecule has 0 aliphatic carbocycles. The standard InChI is InChI=1S/C20H22N4O2.C2HF3O2/c1-26-18-9-8-15-12-16(22-19(15)23-18)20(25)24-11-5-10-21-17(13-24)14-6-3-2-4-7-14;3-2(4,5)1(6)7/h2-4,6-9,12,17,21H,5,10-11,13H2,1H3,(H,22,23);(H,6,7). The summed E-state index contributed by atoms with van der Waals surface area (Å²) < 4.78 is 36.9. The van der Waals surface area contributed by atoms with Crippen LogP contribution >= 0.6 is 0 Å². The molecule has 8 nitrogen and oxygen atoms in total. The van der Waals surface area contributed by atoms with Crippen LogP contribution in [-0.2, 0) is 4.79 Å². The van der Waals surface area contributed by atoms with Gasteiger partial charge in [0, 0.05) is 30.6 Å². The lowest BCUT2D eigenvalue weighted by Gasteiger charge is -2.24. The Bertz CT molecular complexity index is 1100. The average molecular weight is 464 g/mol. The number of carbonyl (C=O) groups is 2. The minimum atomic E-state index is -5.08. The number of amides is 1. The Morgan fingerprint density at radius 1 is 1.18 bits per heavy atom. The summed E-state index contributed by atoms with van der Waals surface area (Å²) in [6, 6.07) is 16.0. The zero-order valence-corrected chi connectivity index (χ0v) is 17.7. The summed E-state index contributed by atoms with van der Waals surface area (Å²) in [4.78, 5) is 31.4. The highest BCUT2D eigenvalue weighted by atomic mass is 19.4. The Morgan fingerprint density at radius 2 is 1.88 bits per heavy atom. The van der Waals surface area contributed by atoms with Crippen LogP contribution < -0.4 is 10.1 Å². The van der Waals surface area contributed by atoms with Crippen LogP contribution in [0.2, 0.25) is 0 Å². The maximum atomic E-state index is 13.1. The fourth-order valence-corrected chi connectivity index (χ4v) is 3.40. The number of H-pyrrole nitrogens is 1. The minimum absolute atomic E-state index is 0.00611. The van der Waals surface area contributed by atoms with E-state index in [0.717, 1.165) is 24.9 Å². The fourth-order valence-electron chi connectivity index (χ4n) is 3.40. The minimum Gasteiger partial charge on any atom is -0.481 e. The third-order valence-electron chi connectivity index (χ3n) is 5.02. The number of aliphatic carboxylic acids is 1. The van der Waals surface area contributed by atoms with Gasteiger partial charge in [-0.2, -0.15) is 18.2 Å². The molecule has 0 spiro atoms. The number of alkyl halides is 3. The first-order chi connectivity index (χ1) is 15.7. The van der Waals surface area contributed by atoms with Crippen LogP contribution in [0.15, 0.2) is 48.5 Å². The van der Waals surface area contributed by atoms with Gasteiger partial charge in [0.1, 0.15) is 11.3 Å². The molecule has 0 bridgehead atoms. The molecule has 1 saturated heterocycles. The number of rotatable bonds is 3. The van der Waals surface area contributed by atoms with E-state index in [1.54, 1.807) is 13.2 Å². The smallest absolute Gasteiger partial charge is 0.481 e. The summed E-state index contributed by atoms with van der Waals surface area (Å²) in [6.07, 6.45) is -4.15. The Balaban J connectivity index is 0.000000383. The van der Waals surface area contributed by atoms with E-state index in [4.69, 9.17) is 14.6 Å². The third-order valence-corrected chi connectivity index (χ3v) is 5.02. The zero-order valence-electron chi connectivity index (χ0n) is 17.7. The van der Waals surface area contributed by atoms with Crippen molar-refractivity contribution in [3.8, 4) is 5.88 Å². The molecular weight excluding hydrogens is 441 g/mol. The lowest BCUT2D eigenvalue weighted by molar-refractivity contribution is -0.192. The van der Waals surface area contributed by atoms with Crippen molar-refractivity contribution in [2.24, 2.45) is 0 Å². The van der Waals surface area contributed by atoms with Gasteiger partial charge in [0.25, 0.3) is 5.91 Å². The Kier molecular flexibility index (Phi) is 7.54. The second-order valence-corrected chi connectivity index (χ2v) is 7.30. The first kappa shape index (κ1) is 24.1. The SMILES string of the molecule is COc1ccc2cc(C(=O)N3CCCNC(c4ccccc4)C3)[nH]c2n1.O=C(O)C(F)(F)F. The number of aromatic amines is 1. The van der Waals surface area contributed by atoms with Gasteiger partial charge in [0.05, 0.1) is 7.11 Å². The highest BCUT2D eigenvalue weighted by Gasteiger charge is 2.38. The van der Waals surface area contributed by atoms with Gasteiger partial charge in [0.2, 0.25) is 5.88 Å². The van der Waals surface area contributed by atoms with Gasteiger partial charge in [-0.25, -0.2) is 4.79 Å². The number of nitrogens with one attached hydrogen (secondary N) is 2. The number of carboxylic acid groups (broad SMARTS) is 1. The Morgan fingerprint density at radius 3 is 2.52 bits per heavy atom. The number of methoxy groups -OCH3 is 1. The van der Waals surface area contributed by atoms with Crippen molar-refractivity contribution in [1.29, 1.82) is 0 Å². The van der Waals surface area contributed by atoms with Crippen LogP contribution in [0, 0.1) is 0 Å². The van der Waals surface area contributed by atoms with Crippen LogP contribution in [0.3, 0.4) is 0 Å². The normalized spacial score (nSPS) is 16.5. The molecule has 3 aromatic rings. The molecule has 33 heavy (non-hydrogen) atoms. The lowest BCUT2D eigenvalue weighted by Crippen LogP contribution is -2.36. The molecule has 1 aliphatic heterocycles. The van der Waals surface area contributed by atoms with Crippen molar-refractivity contribution in [1.82, 2.24) is 20.2 Å². The van der Waals surface area contributed by atoms with Crippen molar-refractivity contribution in [3.05, 3.63) is 59.8 Å². The number of pyridine rings is 1.